The van der Waals surface area contributed by atoms with Crippen LogP contribution in [0.2, 0.25) is 0 Å². The Balaban J connectivity index is 1.12. The van der Waals surface area contributed by atoms with Crippen molar-refractivity contribution >= 4 is 16.9 Å². The quantitative estimate of drug-likeness (QED) is 0.452. The number of H-pyrrole nitrogens is 1. The van der Waals surface area contributed by atoms with Gasteiger partial charge in [-0.05, 0) is 43.5 Å². The number of nitrogens with zero attached hydrogens (tertiary/aromatic N) is 2. The number of amides is 1. The first-order valence-electron chi connectivity index (χ1n) is 9.93. The molecule has 4 rings (SSSR count). The van der Waals surface area contributed by atoms with Gasteiger partial charge < -0.3 is 10.3 Å². The number of aryl methyl sites for hydroxylation is 1. The largest absolute Gasteiger partial charge is 0.355 e. The Morgan fingerprint density at radius 3 is 2.82 bits per heavy atom. The molecule has 2 aromatic heterocycles. The molecule has 1 amide bonds. The molecule has 28 heavy (non-hydrogen) atoms. The Labute approximate surface area is 164 Å². The summed E-state index contributed by atoms with van der Waals surface area (Å²) in [6.07, 6.45) is 6.49. The summed E-state index contributed by atoms with van der Waals surface area (Å²) in [5, 5.41) is 3.03. The molecule has 0 bridgehead atoms. The molecular formula is C21H26N6O. The molecule has 0 radical (unpaired) electrons. The van der Waals surface area contributed by atoms with Gasteiger partial charge in [-0.1, -0.05) is 24.6 Å². The molecule has 0 aliphatic carbocycles. The van der Waals surface area contributed by atoms with E-state index in [0.29, 0.717) is 13.0 Å². The molecule has 3 aromatic rings. The highest BCUT2D eigenvalue weighted by atomic mass is 16.2. The maximum Gasteiger partial charge on any atom is 0.238 e. The highest BCUT2D eigenvalue weighted by Gasteiger charge is 2.30. The second-order valence-corrected chi connectivity index (χ2v) is 7.19. The van der Waals surface area contributed by atoms with E-state index in [0.717, 1.165) is 48.2 Å². The van der Waals surface area contributed by atoms with Crippen LogP contribution < -0.4 is 16.2 Å². The van der Waals surface area contributed by atoms with E-state index in [2.05, 4.69) is 31.1 Å². The van der Waals surface area contributed by atoms with Crippen molar-refractivity contribution in [1.82, 2.24) is 31.1 Å². The maximum atomic E-state index is 12.3. The number of pyridine rings is 1. The van der Waals surface area contributed by atoms with Crippen LogP contribution in [0.4, 0.5) is 0 Å². The van der Waals surface area contributed by atoms with Crippen LogP contribution in [0.5, 0.6) is 0 Å². The average molecular weight is 378 g/mol. The molecule has 2 unspecified atom stereocenters. The molecule has 4 N–H and O–H groups in total. The molecule has 1 aromatic carbocycles. The standard InChI is InChI=1S/C21H26N6O/c28-21(19-14-18(26-27-19)15-8-5-7-12-22-15)23-13-6-1-2-11-20-24-16-9-3-4-10-17(16)25-20/h3-5,7-10,12,18-19,26-27H,1-2,6,11,13-14H2,(H,23,28)(H,24,25). The summed E-state index contributed by atoms with van der Waals surface area (Å²) in [6.45, 7) is 0.700. The number of carbonyl (C=O) groups excluding carboxylic acids is 1. The molecule has 1 aliphatic rings. The van der Waals surface area contributed by atoms with Gasteiger partial charge in [0.25, 0.3) is 0 Å². The monoisotopic (exact) mass is 378 g/mol. The van der Waals surface area contributed by atoms with Gasteiger partial charge in [0.1, 0.15) is 11.9 Å². The van der Waals surface area contributed by atoms with Crippen LogP contribution in [0.3, 0.4) is 0 Å². The molecule has 0 saturated carbocycles. The molecule has 7 nitrogen and oxygen atoms in total. The van der Waals surface area contributed by atoms with Crippen LogP contribution in [-0.4, -0.2) is 33.4 Å². The Bertz CT molecular complexity index is 876. The molecule has 146 valence electrons. The third-order valence-corrected chi connectivity index (χ3v) is 5.09. The first kappa shape index (κ1) is 18.6. The van der Waals surface area contributed by atoms with Gasteiger partial charge in [0, 0.05) is 19.2 Å². The SMILES string of the molecule is O=C(NCCCCCc1nc2ccccc2[nH]1)C1CC(c2ccccn2)NN1. The van der Waals surface area contributed by atoms with Crippen molar-refractivity contribution in [3.63, 3.8) is 0 Å². The lowest BCUT2D eigenvalue weighted by atomic mass is 10.1. The van der Waals surface area contributed by atoms with E-state index < -0.39 is 0 Å². The summed E-state index contributed by atoms with van der Waals surface area (Å²) >= 11 is 0. The maximum absolute atomic E-state index is 12.3. The number of imidazole rings is 1. The number of unbranched alkanes of at least 4 members (excludes halogenated alkanes) is 2. The first-order valence-corrected chi connectivity index (χ1v) is 9.93. The summed E-state index contributed by atoms with van der Waals surface area (Å²) in [7, 11) is 0. The Morgan fingerprint density at radius 2 is 1.96 bits per heavy atom. The zero-order chi connectivity index (χ0) is 19.2. The summed E-state index contributed by atoms with van der Waals surface area (Å²) in [5.74, 6) is 1.08. The normalized spacial score (nSPS) is 19.1. The number of hydrazine groups is 1. The van der Waals surface area contributed by atoms with E-state index in [1.165, 1.54) is 0 Å². The highest BCUT2D eigenvalue weighted by Crippen LogP contribution is 2.20. The van der Waals surface area contributed by atoms with Crippen LogP contribution in [0.25, 0.3) is 11.0 Å². The Kier molecular flexibility index (Phi) is 5.94. The third kappa shape index (κ3) is 4.55. The number of rotatable bonds is 8. The first-order chi connectivity index (χ1) is 13.8. The lowest BCUT2D eigenvalue weighted by Gasteiger charge is -2.10. The predicted octanol–water partition coefficient (Wildman–Crippen LogP) is 2.39. The Hall–Kier alpha value is -2.77. The van der Waals surface area contributed by atoms with Crippen LogP contribution in [0.1, 0.15) is 43.2 Å². The van der Waals surface area contributed by atoms with Crippen LogP contribution in [-0.2, 0) is 11.2 Å². The summed E-state index contributed by atoms with van der Waals surface area (Å²) in [4.78, 5) is 24.6. The van der Waals surface area contributed by atoms with Gasteiger partial charge in [-0.3, -0.25) is 9.78 Å². The van der Waals surface area contributed by atoms with Gasteiger partial charge in [-0.15, -0.1) is 0 Å². The second kappa shape index (κ2) is 8.95. The Morgan fingerprint density at radius 1 is 1.07 bits per heavy atom. The van der Waals surface area contributed by atoms with Crippen molar-refractivity contribution in [3.8, 4) is 0 Å². The van der Waals surface area contributed by atoms with Crippen molar-refractivity contribution in [2.24, 2.45) is 0 Å². The molecule has 0 spiro atoms. The number of hydrogen-bond acceptors (Lipinski definition) is 5. The average Bonchev–Trinajstić information content (AvgIpc) is 3.38. The van der Waals surface area contributed by atoms with Crippen molar-refractivity contribution in [1.29, 1.82) is 0 Å². The smallest absolute Gasteiger partial charge is 0.238 e. The number of benzene rings is 1. The number of carbonyl (C=O) groups is 1. The van der Waals surface area contributed by atoms with Crippen LogP contribution in [0, 0.1) is 0 Å². The summed E-state index contributed by atoms with van der Waals surface area (Å²) in [5.41, 5.74) is 9.30. The number of hydrogen-bond donors (Lipinski definition) is 4. The predicted molar refractivity (Wildman–Crippen MR) is 108 cm³/mol. The van der Waals surface area contributed by atoms with Crippen molar-refractivity contribution in [2.45, 2.75) is 44.2 Å². The van der Waals surface area contributed by atoms with Gasteiger partial charge in [-0.25, -0.2) is 15.8 Å². The van der Waals surface area contributed by atoms with E-state index in [1.54, 1.807) is 6.20 Å². The fourth-order valence-corrected chi connectivity index (χ4v) is 3.56. The van der Waals surface area contributed by atoms with Gasteiger partial charge in [0.15, 0.2) is 0 Å². The van der Waals surface area contributed by atoms with E-state index in [1.807, 2.05) is 42.5 Å². The third-order valence-electron chi connectivity index (χ3n) is 5.09. The van der Waals surface area contributed by atoms with E-state index in [9.17, 15) is 4.79 Å². The topological polar surface area (TPSA) is 94.7 Å². The molecular weight excluding hydrogens is 352 g/mol. The highest BCUT2D eigenvalue weighted by molar-refractivity contribution is 5.82. The lowest BCUT2D eigenvalue weighted by molar-refractivity contribution is -0.122. The number of para-hydroxylation sites is 2. The molecule has 1 aliphatic heterocycles. The van der Waals surface area contributed by atoms with Gasteiger partial charge in [-0.2, -0.15) is 0 Å². The summed E-state index contributed by atoms with van der Waals surface area (Å²) < 4.78 is 0. The van der Waals surface area contributed by atoms with Gasteiger partial charge in [0.2, 0.25) is 5.91 Å². The minimum absolute atomic E-state index is 0.0446. The summed E-state index contributed by atoms with van der Waals surface area (Å²) in [6, 6.07) is 13.8. The van der Waals surface area contributed by atoms with Gasteiger partial charge >= 0.3 is 0 Å². The van der Waals surface area contributed by atoms with Crippen molar-refractivity contribution in [3.05, 3.63) is 60.2 Å². The zero-order valence-corrected chi connectivity index (χ0v) is 15.8. The number of aromatic amines is 1. The fraction of sp³-hybridized carbons (Fsp3) is 0.381. The number of nitrogens with one attached hydrogen (secondary N) is 4. The lowest BCUT2D eigenvalue weighted by Crippen LogP contribution is -2.43. The number of fused-ring (bicyclic) bond motifs is 1. The minimum atomic E-state index is -0.220. The van der Waals surface area contributed by atoms with Crippen molar-refractivity contribution < 1.29 is 4.79 Å². The fourth-order valence-electron chi connectivity index (χ4n) is 3.56. The minimum Gasteiger partial charge on any atom is -0.355 e. The molecule has 1 saturated heterocycles. The zero-order valence-electron chi connectivity index (χ0n) is 15.8. The molecule has 3 heterocycles. The van der Waals surface area contributed by atoms with E-state index >= 15 is 0 Å². The molecule has 7 heteroatoms. The van der Waals surface area contributed by atoms with E-state index in [-0.39, 0.29) is 18.0 Å². The number of aromatic nitrogens is 3. The van der Waals surface area contributed by atoms with Crippen LogP contribution in [0.15, 0.2) is 48.7 Å². The van der Waals surface area contributed by atoms with Gasteiger partial charge in [0.05, 0.1) is 22.8 Å². The van der Waals surface area contributed by atoms with Crippen molar-refractivity contribution in [2.75, 3.05) is 6.54 Å². The molecule has 2 atom stereocenters. The van der Waals surface area contributed by atoms with Crippen LogP contribution >= 0.6 is 0 Å². The molecule has 1 fully saturated rings. The second-order valence-electron chi connectivity index (χ2n) is 7.19. The van der Waals surface area contributed by atoms with E-state index in [4.69, 9.17) is 0 Å².